The van der Waals surface area contributed by atoms with Crippen LogP contribution in [0.1, 0.15) is 45.2 Å². The zero-order chi connectivity index (χ0) is 27.8. The molecule has 0 spiro atoms. The number of benzene rings is 1. The maximum absolute atomic E-state index is 13.3. The lowest BCUT2D eigenvalue weighted by Crippen LogP contribution is -2.30. The number of primary amides is 1. The van der Waals surface area contributed by atoms with Crippen molar-refractivity contribution in [3.05, 3.63) is 59.6 Å². The fourth-order valence-corrected chi connectivity index (χ4v) is 3.22. The molecule has 2 aromatic heterocycles. The van der Waals surface area contributed by atoms with E-state index in [1.807, 2.05) is 0 Å². The van der Waals surface area contributed by atoms with Crippen LogP contribution in [-0.4, -0.2) is 50.5 Å². The number of hydrogen-bond donors (Lipinski definition) is 2. The lowest BCUT2D eigenvalue weighted by molar-refractivity contribution is -0.137. The Morgan fingerprint density at radius 2 is 1.70 bits per heavy atom. The Hall–Kier alpha value is -4.29. The van der Waals surface area contributed by atoms with Crippen LogP contribution in [0, 0.1) is 0 Å². The molecule has 0 fully saturated rings. The van der Waals surface area contributed by atoms with Crippen molar-refractivity contribution in [3.63, 3.8) is 0 Å². The van der Waals surface area contributed by atoms with E-state index in [9.17, 15) is 44.3 Å². The summed E-state index contributed by atoms with van der Waals surface area (Å²) in [6.45, 7) is 1.33. The van der Waals surface area contributed by atoms with Gasteiger partial charge < -0.3 is 15.2 Å². The predicted molar refractivity (Wildman–Crippen MR) is 108 cm³/mol. The van der Waals surface area contributed by atoms with Crippen molar-refractivity contribution >= 4 is 21.9 Å². The highest BCUT2D eigenvalue weighted by Gasteiger charge is 2.49. The van der Waals surface area contributed by atoms with Crippen molar-refractivity contribution < 1.29 is 48.5 Å². The number of alkyl halides is 6. The average Bonchev–Trinajstić information content (AvgIpc) is 3.27. The predicted octanol–water partition coefficient (Wildman–Crippen LogP) is 1.89. The van der Waals surface area contributed by atoms with Gasteiger partial charge in [0.05, 0.1) is 11.6 Å². The van der Waals surface area contributed by atoms with Gasteiger partial charge >= 0.3 is 21.8 Å². The maximum atomic E-state index is 13.3. The number of carbonyl (C=O) groups excluding carboxylic acids is 2. The summed E-state index contributed by atoms with van der Waals surface area (Å²) in [5.74, 6) is -3.59. The molecule has 37 heavy (non-hydrogen) atoms. The van der Waals surface area contributed by atoms with Crippen LogP contribution >= 0.6 is 0 Å². The molecule has 0 aliphatic heterocycles. The molecule has 1 atom stereocenters. The van der Waals surface area contributed by atoms with Gasteiger partial charge in [0.25, 0.3) is 11.8 Å². The second-order valence-corrected chi connectivity index (χ2v) is 8.62. The summed E-state index contributed by atoms with van der Waals surface area (Å²) in [6.07, 6.45) is -3.15. The lowest BCUT2D eigenvalue weighted by Gasteiger charge is -2.16. The van der Waals surface area contributed by atoms with Crippen LogP contribution in [0.2, 0.25) is 0 Å². The van der Waals surface area contributed by atoms with Crippen molar-refractivity contribution in [2.24, 2.45) is 5.73 Å². The van der Waals surface area contributed by atoms with E-state index in [0.29, 0.717) is 6.07 Å². The SMILES string of the molecule is C[C@H](NC(=O)c1cc(OS(=O)(=O)C(F)(F)F)cc(C(F)(F)F)c1)c1ncnn1-c1cc(C(N)=O)ncn1. The Kier molecular flexibility index (Phi) is 7.11. The molecule has 2 heterocycles. The standard InChI is InChI=1S/C18H13F6N7O5S/c1-8(15-28-7-29-31(15)13-5-12(14(25)32)26-6-27-13)30-16(33)9-2-10(17(19,20)21)4-11(3-9)36-37(34,35)18(22,23)24/h2-8H,1H3,(H2,25,32)(H,30,33)/t8-/m0/s1. The molecule has 3 N–H and O–H groups in total. The van der Waals surface area contributed by atoms with Crippen molar-refractivity contribution in [2.45, 2.75) is 24.7 Å². The first-order chi connectivity index (χ1) is 17.0. The van der Waals surface area contributed by atoms with E-state index in [1.54, 1.807) is 0 Å². The Bertz CT molecular complexity index is 1460. The summed E-state index contributed by atoms with van der Waals surface area (Å²) in [6, 6.07) is 0.691. The zero-order valence-corrected chi connectivity index (χ0v) is 18.9. The minimum absolute atomic E-state index is 0.00838. The molecule has 12 nitrogen and oxygen atoms in total. The highest BCUT2D eigenvalue weighted by Crippen LogP contribution is 2.35. The van der Waals surface area contributed by atoms with E-state index in [4.69, 9.17) is 5.73 Å². The highest BCUT2D eigenvalue weighted by molar-refractivity contribution is 7.88. The number of nitrogens with one attached hydrogen (secondary N) is 1. The number of rotatable bonds is 7. The zero-order valence-electron chi connectivity index (χ0n) is 18.1. The van der Waals surface area contributed by atoms with Gasteiger partial charge in [-0.2, -0.15) is 44.5 Å². The molecule has 0 radical (unpaired) electrons. The first-order valence-electron chi connectivity index (χ1n) is 9.55. The largest absolute Gasteiger partial charge is 0.534 e. The Morgan fingerprint density at radius 3 is 2.30 bits per heavy atom. The van der Waals surface area contributed by atoms with Gasteiger partial charge in [-0.25, -0.2) is 15.0 Å². The Balaban J connectivity index is 1.93. The summed E-state index contributed by atoms with van der Waals surface area (Å²) in [4.78, 5) is 35.5. The summed E-state index contributed by atoms with van der Waals surface area (Å²) >= 11 is 0. The van der Waals surface area contributed by atoms with Crippen LogP contribution in [0.25, 0.3) is 5.82 Å². The number of aromatic nitrogens is 5. The number of nitrogens with zero attached hydrogens (tertiary/aromatic N) is 5. The third-order valence-electron chi connectivity index (χ3n) is 4.42. The Morgan fingerprint density at radius 1 is 1.03 bits per heavy atom. The number of amides is 2. The summed E-state index contributed by atoms with van der Waals surface area (Å²) < 4.78 is 105. The number of halogens is 6. The molecule has 0 aliphatic rings. The van der Waals surface area contributed by atoms with Crippen LogP contribution in [-0.2, 0) is 16.3 Å². The molecule has 0 unspecified atom stereocenters. The van der Waals surface area contributed by atoms with E-state index in [-0.39, 0.29) is 29.5 Å². The molecular weight excluding hydrogens is 540 g/mol. The minimum Gasteiger partial charge on any atom is -0.376 e. The summed E-state index contributed by atoms with van der Waals surface area (Å²) in [5.41, 5.74) is -3.49. The van der Waals surface area contributed by atoms with Gasteiger partial charge in [0.1, 0.15) is 24.1 Å². The van der Waals surface area contributed by atoms with E-state index >= 15 is 0 Å². The smallest absolute Gasteiger partial charge is 0.376 e. The van der Waals surface area contributed by atoms with Crippen LogP contribution in [0.4, 0.5) is 26.3 Å². The highest BCUT2D eigenvalue weighted by atomic mass is 32.2. The second kappa shape index (κ2) is 9.64. The molecule has 0 saturated heterocycles. The molecule has 0 aliphatic carbocycles. The summed E-state index contributed by atoms with van der Waals surface area (Å²) in [7, 11) is -6.33. The van der Waals surface area contributed by atoms with E-state index < -0.39 is 56.5 Å². The van der Waals surface area contributed by atoms with Crippen molar-refractivity contribution in [1.82, 2.24) is 30.0 Å². The van der Waals surface area contributed by atoms with Gasteiger partial charge in [0.15, 0.2) is 11.6 Å². The number of nitrogens with two attached hydrogens (primary N) is 1. The van der Waals surface area contributed by atoms with E-state index in [1.165, 1.54) is 6.92 Å². The maximum Gasteiger partial charge on any atom is 0.534 e. The van der Waals surface area contributed by atoms with Crippen molar-refractivity contribution in [3.8, 4) is 11.6 Å². The first kappa shape index (κ1) is 27.3. The van der Waals surface area contributed by atoms with Crippen LogP contribution < -0.4 is 15.2 Å². The van der Waals surface area contributed by atoms with Crippen molar-refractivity contribution in [1.29, 1.82) is 0 Å². The third-order valence-corrected chi connectivity index (χ3v) is 5.40. The Labute approximate surface area is 202 Å². The van der Waals surface area contributed by atoms with Gasteiger partial charge in [0, 0.05) is 11.6 Å². The van der Waals surface area contributed by atoms with Gasteiger partial charge in [-0.05, 0) is 25.1 Å². The molecule has 3 rings (SSSR count). The lowest BCUT2D eigenvalue weighted by atomic mass is 10.1. The fourth-order valence-electron chi connectivity index (χ4n) is 2.78. The molecule has 1 aromatic carbocycles. The topological polar surface area (TPSA) is 172 Å². The summed E-state index contributed by atoms with van der Waals surface area (Å²) in [5, 5.41) is 6.13. The van der Waals surface area contributed by atoms with Gasteiger partial charge in [0.2, 0.25) is 0 Å². The van der Waals surface area contributed by atoms with Crippen LogP contribution in [0.5, 0.6) is 5.75 Å². The normalized spacial score (nSPS) is 13.2. The fraction of sp³-hybridized carbons (Fsp3) is 0.222. The first-order valence-corrected chi connectivity index (χ1v) is 11.0. The van der Waals surface area contributed by atoms with E-state index in [2.05, 4.69) is 29.6 Å². The molecular formula is C18H13F6N7O5S. The van der Waals surface area contributed by atoms with Gasteiger partial charge in [-0.15, -0.1) is 0 Å². The second-order valence-electron chi connectivity index (χ2n) is 7.08. The van der Waals surface area contributed by atoms with Crippen LogP contribution in [0.15, 0.2) is 36.9 Å². The van der Waals surface area contributed by atoms with Crippen molar-refractivity contribution in [2.75, 3.05) is 0 Å². The van der Waals surface area contributed by atoms with Crippen LogP contribution in [0.3, 0.4) is 0 Å². The van der Waals surface area contributed by atoms with Gasteiger partial charge in [-0.3, -0.25) is 9.59 Å². The van der Waals surface area contributed by atoms with E-state index in [0.717, 1.165) is 23.4 Å². The molecule has 3 aromatic rings. The quantitative estimate of drug-likeness (QED) is 0.252. The molecule has 0 bridgehead atoms. The molecule has 2 amide bonds. The molecule has 19 heteroatoms. The number of carbonyl (C=O) groups is 2. The van der Waals surface area contributed by atoms with Gasteiger partial charge in [-0.1, -0.05) is 0 Å². The monoisotopic (exact) mass is 553 g/mol. The molecule has 0 saturated carbocycles. The number of hydrogen-bond acceptors (Lipinski definition) is 9. The third kappa shape index (κ3) is 6.11. The average molecular weight is 553 g/mol. The molecule has 198 valence electrons. The minimum atomic E-state index is -6.33.